The molecule has 2 fully saturated rings. The van der Waals surface area contributed by atoms with Crippen LogP contribution in [0, 0.1) is 5.41 Å². The van der Waals surface area contributed by atoms with Gasteiger partial charge in [0.2, 0.25) is 0 Å². The van der Waals surface area contributed by atoms with Gasteiger partial charge in [0, 0.05) is 18.0 Å². The summed E-state index contributed by atoms with van der Waals surface area (Å²) < 4.78 is 0. The number of nitrogens with one attached hydrogen (secondary N) is 1. The number of amides is 2. The molecular formula is C16H24N2OS. The molecule has 1 atom stereocenters. The molecule has 3 nitrogen and oxygen atoms in total. The predicted molar refractivity (Wildman–Crippen MR) is 83.0 cm³/mol. The summed E-state index contributed by atoms with van der Waals surface area (Å²) in [4.78, 5) is 15.8. The molecule has 2 heterocycles. The Kier molecular flexibility index (Phi) is 4.01. The van der Waals surface area contributed by atoms with Crippen molar-refractivity contribution >= 4 is 17.4 Å². The van der Waals surface area contributed by atoms with Crippen LogP contribution in [-0.2, 0) is 0 Å². The highest BCUT2D eigenvalue weighted by Gasteiger charge is 2.33. The number of hydrogen-bond acceptors (Lipinski definition) is 2. The van der Waals surface area contributed by atoms with Gasteiger partial charge in [-0.15, -0.1) is 11.3 Å². The molecule has 2 amide bonds. The highest BCUT2D eigenvalue weighted by atomic mass is 32.1. The van der Waals surface area contributed by atoms with Crippen LogP contribution in [0.25, 0.3) is 0 Å². The molecule has 110 valence electrons. The zero-order valence-corrected chi connectivity index (χ0v) is 13.0. The van der Waals surface area contributed by atoms with Gasteiger partial charge in [-0.2, -0.15) is 0 Å². The van der Waals surface area contributed by atoms with E-state index in [0.29, 0.717) is 11.5 Å². The van der Waals surface area contributed by atoms with E-state index in [9.17, 15) is 4.79 Å². The first-order chi connectivity index (χ1) is 9.68. The predicted octanol–water partition coefficient (Wildman–Crippen LogP) is 4.17. The van der Waals surface area contributed by atoms with Gasteiger partial charge in [0.25, 0.3) is 0 Å². The van der Waals surface area contributed by atoms with Crippen molar-refractivity contribution < 1.29 is 4.79 Å². The molecule has 0 bridgehead atoms. The van der Waals surface area contributed by atoms with Crippen molar-refractivity contribution in [3.05, 3.63) is 22.4 Å². The molecule has 1 unspecified atom stereocenters. The van der Waals surface area contributed by atoms with E-state index in [4.69, 9.17) is 0 Å². The normalized spacial score (nSPS) is 25.1. The van der Waals surface area contributed by atoms with Crippen LogP contribution < -0.4 is 5.32 Å². The maximum atomic E-state index is 12.5. The van der Waals surface area contributed by atoms with E-state index in [2.05, 4.69) is 29.8 Å². The summed E-state index contributed by atoms with van der Waals surface area (Å²) in [7, 11) is 0. The second-order valence-electron chi connectivity index (χ2n) is 6.54. The van der Waals surface area contributed by atoms with Gasteiger partial charge >= 0.3 is 6.03 Å². The Bertz CT molecular complexity index is 451. The Balaban J connectivity index is 1.59. The SMILES string of the molecule is CC1(CNC(=O)N2CCCC2c2cccs2)CCCC1. The maximum Gasteiger partial charge on any atom is 0.317 e. The number of nitrogens with zero attached hydrogens (tertiary/aromatic N) is 1. The van der Waals surface area contributed by atoms with Crippen molar-refractivity contribution in [3.63, 3.8) is 0 Å². The van der Waals surface area contributed by atoms with Crippen LogP contribution in [0.15, 0.2) is 17.5 Å². The van der Waals surface area contributed by atoms with E-state index in [0.717, 1.165) is 25.9 Å². The van der Waals surface area contributed by atoms with Crippen LogP contribution in [0.2, 0.25) is 0 Å². The lowest BCUT2D eigenvalue weighted by molar-refractivity contribution is 0.186. The van der Waals surface area contributed by atoms with Crippen LogP contribution in [0.5, 0.6) is 0 Å². The maximum absolute atomic E-state index is 12.5. The van der Waals surface area contributed by atoms with Crippen molar-refractivity contribution in [1.29, 1.82) is 0 Å². The molecule has 1 aliphatic carbocycles. The van der Waals surface area contributed by atoms with Gasteiger partial charge in [-0.25, -0.2) is 4.79 Å². The summed E-state index contributed by atoms with van der Waals surface area (Å²) in [6, 6.07) is 4.66. The summed E-state index contributed by atoms with van der Waals surface area (Å²) in [5, 5.41) is 5.29. The van der Waals surface area contributed by atoms with E-state index in [-0.39, 0.29) is 6.03 Å². The molecule has 1 saturated carbocycles. The molecule has 4 heteroatoms. The van der Waals surface area contributed by atoms with Crippen LogP contribution in [0.4, 0.5) is 4.79 Å². The van der Waals surface area contributed by atoms with E-state index in [1.165, 1.54) is 30.6 Å². The quantitative estimate of drug-likeness (QED) is 0.890. The fraction of sp³-hybridized carbons (Fsp3) is 0.688. The molecule has 0 radical (unpaired) electrons. The first-order valence-corrected chi connectivity index (χ1v) is 8.64. The molecule has 3 rings (SSSR count). The fourth-order valence-electron chi connectivity index (χ4n) is 3.58. The molecule has 20 heavy (non-hydrogen) atoms. The van der Waals surface area contributed by atoms with E-state index < -0.39 is 0 Å². The summed E-state index contributed by atoms with van der Waals surface area (Å²) in [5.41, 5.74) is 0.327. The number of rotatable bonds is 3. The first-order valence-electron chi connectivity index (χ1n) is 7.76. The van der Waals surface area contributed by atoms with Crippen molar-refractivity contribution in [2.24, 2.45) is 5.41 Å². The van der Waals surface area contributed by atoms with Gasteiger partial charge in [0.15, 0.2) is 0 Å². The average molecular weight is 292 g/mol. The van der Waals surface area contributed by atoms with Crippen LogP contribution in [0.1, 0.15) is 56.4 Å². The second kappa shape index (κ2) is 5.76. The van der Waals surface area contributed by atoms with E-state index >= 15 is 0 Å². The topological polar surface area (TPSA) is 32.3 Å². The number of thiophene rings is 1. The summed E-state index contributed by atoms with van der Waals surface area (Å²) in [6.45, 7) is 4.03. The van der Waals surface area contributed by atoms with Gasteiger partial charge < -0.3 is 10.2 Å². The lowest BCUT2D eigenvalue weighted by Crippen LogP contribution is -2.43. The zero-order valence-electron chi connectivity index (χ0n) is 12.2. The third-order valence-electron chi connectivity index (χ3n) is 4.86. The smallest absolute Gasteiger partial charge is 0.317 e. The second-order valence-corrected chi connectivity index (χ2v) is 7.52. The Morgan fingerprint density at radius 2 is 2.25 bits per heavy atom. The lowest BCUT2D eigenvalue weighted by atomic mass is 9.89. The van der Waals surface area contributed by atoms with Crippen LogP contribution in [0.3, 0.4) is 0 Å². The number of hydrogen-bond donors (Lipinski definition) is 1. The molecule has 0 spiro atoms. The number of urea groups is 1. The van der Waals surface area contributed by atoms with Crippen LogP contribution in [-0.4, -0.2) is 24.0 Å². The summed E-state index contributed by atoms with van der Waals surface area (Å²) in [5.74, 6) is 0. The minimum absolute atomic E-state index is 0.133. The average Bonchev–Trinajstić information content (AvgIpc) is 3.16. The molecular weight excluding hydrogens is 268 g/mol. The van der Waals surface area contributed by atoms with Gasteiger partial charge in [-0.3, -0.25) is 0 Å². The Morgan fingerprint density at radius 3 is 2.95 bits per heavy atom. The first kappa shape index (κ1) is 13.9. The number of likely N-dealkylation sites (tertiary alicyclic amines) is 1. The lowest BCUT2D eigenvalue weighted by Gasteiger charge is -2.28. The highest BCUT2D eigenvalue weighted by molar-refractivity contribution is 7.10. The summed E-state index contributed by atoms with van der Waals surface area (Å²) in [6.07, 6.45) is 7.35. The molecule has 2 aliphatic rings. The van der Waals surface area contributed by atoms with Crippen molar-refractivity contribution in [1.82, 2.24) is 10.2 Å². The van der Waals surface area contributed by atoms with Crippen LogP contribution >= 0.6 is 11.3 Å². The molecule has 1 N–H and O–H groups in total. The monoisotopic (exact) mass is 292 g/mol. The minimum Gasteiger partial charge on any atom is -0.337 e. The van der Waals surface area contributed by atoms with Crippen molar-refractivity contribution in [2.45, 2.75) is 51.5 Å². The third kappa shape index (κ3) is 2.85. The largest absolute Gasteiger partial charge is 0.337 e. The standard InChI is InChI=1S/C16H24N2OS/c1-16(8-2-3-9-16)12-17-15(19)18-10-4-6-13(18)14-7-5-11-20-14/h5,7,11,13H,2-4,6,8-10,12H2,1H3,(H,17,19). The molecule has 1 saturated heterocycles. The van der Waals surface area contributed by atoms with Gasteiger partial charge in [0.1, 0.15) is 0 Å². The van der Waals surface area contributed by atoms with E-state index in [1.54, 1.807) is 11.3 Å². The van der Waals surface area contributed by atoms with Gasteiger partial charge in [0.05, 0.1) is 6.04 Å². The van der Waals surface area contributed by atoms with Crippen molar-refractivity contribution in [2.75, 3.05) is 13.1 Å². The number of carbonyl (C=O) groups excluding carboxylic acids is 1. The van der Waals surface area contributed by atoms with E-state index in [1.807, 2.05) is 4.90 Å². The minimum atomic E-state index is 0.133. The van der Waals surface area contributed by atoms with Gasteiger partial charge in [-0.05, 0) is 42.5 Å². The number of carbonyl (C=O) groups is 1. The van der Waals surface area contributed by atoms with Gasteiger partial charge in [-0.1, -0.05) is 25.8 Å². The highest BCUT2D eigenvalue weighted by Crippen LogP contribution is 2.37. The molecule has 1 aliphatic heterocycles. The fourth-order valence-corrected chi connectivity index (χ4v) is 4.46. The molecule has 1 aromatic heterocycles. The Labute approximate surface area is 125 Å². The van der Waals surface area contributed by atoms with Crippen molar-refractivity contribution in [3.8, 4) is 0 Å². The summed E-state index contributed by atoms with van der Waals surface area (Å²) >= 11 is 1.76. The third-order valence-corrected chi connectivity index (χ3v) is 5.84. The molecule has 1 aromatic rings. The Morgan fingerprint density at radius 1 is 1.45 bits per heavy atom. The zero-order chi connectivity index (χ0) is 14.0. The molecule has 0 aromatic carbocycles. The Hall–Kier alpha value is -1.03.